The van der Waals surface area contributed by atoms with Gasteiger partial charge in [-0.3, -0.25) is 0 Å². The fraction of sp³-hybridized carbons (Fsp3) is 0.278. The van der Waals surface area contributed by atoms with Crippen LogP contribution in [0, 0.1) is 11.3 Å². The van der Waals surface area contributed by atoms with Crippen LogP contribution < -0.4 is 10.1 Å². The summed E-state index contributed by atoms with van der Waals surface area (Å²) in [7, 11) is 1.65. The van der Waals surface area contributed by atoms with Gasteiger partial charge in [-0.15, -0.1) is 0 Å². The smallest absolute Gasteiger partial charge is 0.123 e. The van der Waals surface area contributed by atoms with Gasteiger partial charge in [0.25, 0.3) is 0 Å². The van der Waals surface area contributed by atoms with E-state index in [1.54, 1.807) is 13.2 Å². The highest BCUT2D eigenvalue weighted by Crippen LogP contribution is 2.23. The molecule has 0 aliphatic carbocycles. The summed E-state index contributed by atoms with van der Waals surface area (Å²) in [5, 5.41) is 12.5. The van der Waals surface area contributed by atoms with E-state index < -0.39 is 0 Å². The van der Waals surface area contributed by atoms with E-state index in [1.165, 1.54) is 5.56 Å². The van der Waals surface area contributed by atoms with Crippen molar-refractivity contribution in [3.63, 3.8) is 0 Å². The van der Waals surface area contributed by atoms with Gasteiger partial charge in [0.15, 0.2) is 0 Å². The molecule has 0 spiro atoms. The molecule has 0 aliphatic rings. The molecular weight excluding hydrogens is 260 g/mol. The fourth-order valence-corrected chi connectivity index (χ4v) is 2.36. The van der Waals surface area contributed by atoms with Gasteiger partial charge in [-0.2, -0.15) is 5.26 Å². The van der Waals surface area contributed by atoms with Crippen molar-refractivity contribution in [2.24, 2.45) is 0 Å². The average Bonchev–Trinajstić information content (AvgIpc) is 2.54. The van der Waals surface area contributed by atoms with Crippen LogP contribution in [-0.4, -0.2) is 7.11 Å². The number of nitriles is 1. The minimum Gasteiger partial charge on any atom is -0.496 e. The molecule has 2 rings (SSSR count). The van der Waals surface area contributed by atoms with Gasteiger partial charge in [0.2, 0.25) is 0 Å². The van der Waals surface area contributed by atoms with E-state index in [2.05, 4.69) is 36.5 Å². The predicted molar refractivity (Wildman–Crippen MR) is 85.5 cm³/mol. The number of hydrogen-bond acceptors (Lipinski definition) is 3. The molecule has 0 amide bonds. The third kappa shape index (κ3) is 3.76. The zero-order valence-corrected chi connectivity index (χ0v) is 12.5. The lowest BCUT2D eigenvalue weighted by Gasteiger charge is -2.14. The van der Waals surface area contributed by atoms with E-state index in [-0.39, 0.29) is 0 Å². The lowest BCUT2D eigenvalue weighted by molar-refractivity contribution is 0.410. The first kappa shape index (κ1) is 14.9. The molecule has 21 heavy (non-hydrogen) atoms. The van der Waals surface area contributed by atoms with Crippen LogP contribution in [0.2, 0.25) is 0 Å². The fourth-order valence-electron chi connectivity index (χ4n) is 2.36. The molecule has 0 aromatic heterocycles. The van der Waals surface area contributed by atoms with Crippen molar-refractivity contribution in [1.82, 2.24) is 0 Å². The molecule has 108 valence electrons. The Morgan fingerprint density at radius 3 is 2.67 bits per heavy atom. The van der Waals surface area contributed by atoms with Crippen molar-refractivity contribution in [2.45, 2.75) is 26.3 Å². The minimum absolute atomic E-state index is 0.638. The standard InChI is InChI=1S/C18H20N2O/c1-3-6-15-7-4-5-8-17(15)20-13-16-11-14(12-19)9-10-18(16)21-2/h4-5,7-11,20H,3,6,13H2,1-2H3. The first-order valence-corrected chi connectivity index (χ1v) is 7.17. The number of nitrogens with zero attached hydrogens (tertiary/aromatic N) is 1. The molecule has 0 unspecified atom stereocenters. The van der Waals surface area contributed by atoms with Gasteiger partial charge in [-0.25, -0.2) is 0 Å². The Hall–Kier alpha value is -2.47. The van der Waals surface area contributed by atoms with Gasteiger partial charge >= 0.3 is 0 Å². The Morgan fingerprint density at radius 2 is 1.95 bits per heavy atom. The molecule has 1 N–H and O–H groups in total. The SMILES string of the molecule is CCCc1ccccc1NCc1cc(C#N)ccc1OC. The summed E-state index contributed by atoms with van der Waals surface area (Å²) in [6, 6.07) is 16.0. The maximum atomic E-state index is 9.01. The van der Waals surface area contributed by atoms with Gasteiger partial charge < -0.3 is 10.1 Å². The van der Waals surface area contributed by atoms with Crippen LogP contribution >= 0.6 is 0 Å². The van der Waals surface area contributed by atoms with Crippen molar-refractivity contribution < 1.29 is 4.74 Å². The number of aryl methyl sites for hydroxylation is 1. The summed E-state index contributed by atoms with van der Waals surface area (Å²) in [5.41, 5.74) is 4.09. The van der Waals surface area contributed by atoms with Crippen molar-refractivity contribution >= 4 is 5.69 Å². The summed E-state index contributed by atoms with van der Waals surface area (Å²) >= 11 is 0. The zero-order valence-electron chi connectivity index (χ0n) is 12.5. The number of para-hydroxylation sites is 1. The number of rotatable bonds is 6. The minimum atomic E-state index is 0.638. The van der Waals surface area contributed by atoms with E-state index in [0.29, 0.717) is 12.1 Å². The first-order valence-electron chi connectivity index (χ1n) is 7.17. The Labute approximate surface area is 126 Å². The molecule has 0 aliphatic heterocycles. The largest absolute Gasteiger partial charge is 0.496 e. The van der Waals surface area contributed by atoms with Gasteiger partial charge in [0, 0.05) is 17.8 Å². The topological polar surface area (TPSA) is 45.0 Å². The average molecular weight is 280 g/mol. The van der Waals surface area contributed by atoms with Crippen LogP contribution in [0.5, 0.6) is 5.75 Å². The molecule has 0 saturated heterocycles. The lowest BCUT2D eigenvalue weighted by atomic mass is 10.1. The maximum Gasteiger partial charge on any atom is 0.123 e. The Morgan fingerprint density at radius 1 is 1.14 bits per heavy atom. The molecular formula is C18H20N2O. The third-order valence-electron chi connectivity index (χ3n) is 3.42. The second kappa shape index (κ2) is 7.35. The van der Waals surface area contributed by atoms with E-state index in [1.807, 2.05) is 18.2 Å². The van der Waals surface area contributed by atoms with Crippen molar-refractivity contribution in [2.75, 3.05) is 12.4 Å². The maximum absolute atomic E-state index is 9.01. The predicted octanol–water partition coefficient (Wildman–Crippen LogP) is 4.13. The molecule has 3 nitrogen and oxygen atoms in total. The van der Waals surface area contributed by atoms with E-state index in [4.69, 9.17) is 10.00 Å². The van der Waals surface area contributed by atoms with Crippen molar-refractivity contribution in [1.29, 1.82) is 5.26 Å². The van der Waals surface area contributed by atoms with Crippen molar-refractivity contribution in [3.05, 3.63) is 59.2 Å². The first-order chi connectivity index (χ1) is 10.3. The molecule has 0 saturated carbocycles. The van der Waals surface area contributed by atoms with Crippen LogP contribution in [-0.2, 0) is 13.0 Å². The molecule has 2 aromatic carbocycles. The van der Waals surface area contributed by atoms with E-state index in [0.717, 1.165) is 29.8 Å². The van der Waals surface area contributed by atoms with Crippen LogP contribution in [0.25, 0.3) is 0 Å². The second-order valence-corrected chi connectivity index (χ2v) is 4.90. The molecule has 3 heteroatoms. The zero-order chi connectivity index (χ0) is 15.1. The van der Waals surface area contributed by atoms with Crippen LogP contribution in [0.4, 0.5) is 5.69 Å². The Balaban J connectivity index is 2.18. The highest BCUT2D eigenvalue weighted by molar-refractivity contribution is 5.52. The molecule has 2 aromatic rings. The van der Waals surface area contributed by atoms with Gasteiger partial charge in [0.1, 0.15) is 5.75 Å². The number of hydrogen-bond donors (Lipinski definition) is 1. The molecule has 0 radical (unpaired) electrons. The summed E-state index contributed by atoms with van der Waals surface area (Å²) in [6.07, 6.45) is 2.17. The van der Waals surface area contributed by atoms with Crippen LogP contribution in [0.3, 0.4) is 0 Å². The number of methoxy groups -OCH3 is 1. The van der Waals surface area contributed by atoms with E-state index in [9.17, 15) is 0 Å². The van der Waals surface area contributed by atoms with Crippen LogP contribution in [0.15, 0.2) is 42.5 Å². The van der Waals surface area contributed by atoms with Gasteiger partial charge in [-0.1, -0.05) is 31.5 Å². The normalized spacial score (nSPS) is 9.95. The monoisotopic (exact) mass is 280 g/mol. The molecule has 0 atom stereocenters. The van der Waals surface area contributed by atoms with Crippen LogP contribution in [0.1, 0.15) is 30.0 Å². The van der Waals surface area contributed by atoms with Crippen molar-refractivity contribution in [3.8, 4) is 11.8 Å². The Kier molecular flexibility index (Phi) is 5.22. The quantitative estimate of drug-likeness (QED) is 0.865. The molecule has 0 fully saturated rings. The summed E-state index contributed by atoms with van der Waals surface area (Å²) in [6.45, 7) is 2.82. The number of anilines is 1. The summed E-state index contributed by atoms with van der Waals surface area (Å²) in [5.74, 6) is 0.800. The van der Waals surface area contributed by atoms with Gasteiger partial charge in [-0.05, 0) is 36.2 Å². The molecule has 0 heterocycles. The number of nitrogens with one attached hydrogen (secondary N) is 1. The number of ether oxygens (including phenoxy) is 1. The van der Waals surface area contributed by atoms with E-state index >= 15 is 0 Å². The highest BCUT2D eigenvalue weighted by atomic mass is 16.5. The number of benzene rings is 2. The lowest BCUT2D eigenvalue weighted by Crippen LogP contribution is -2.04. The molecule has 0 bridgehead atoms. The second-order valence-electron chi connectivity index (χ2n) is 4.90. The highest BCUT2D eigenvalue weighted by Gasteiger charge is 2.06. The Bertz CT molecular complexity index is 644. The summed E-state index contributed by atoms with van der Waals surface area (Å²) < 4.78 is 5.36. The third-order valence-corrected chi connectivity index (χ3v) is 3.42. The summed E-state index contributed by atoms with van der Waals surface area (Å²) in [4.78, 5) is 0. The van der Waals surface area contributed by atoms with Gasteiger partial charge in [0.05, 0.1) is 18.7 Å².